The van der Waals surface area contributed by atoms with Crippen molar-refractivity contribution in [1.82, 2.24) is 13.9 Å². The first-order valence-corrected chi connectivity index (χ1v) is 10.1. The fraction of sp³-hybridized carbons (Fsp3) is 0.471. The van der Waals surface area contributed by atoms with Gasteiger partial charge >= 0.3 is 0 Å². The highest BCUT2D eigenvalue weighted by atomic mass is 35.5. The van der Waals surface area contributed by atoms with E-state index < -0.39 is 10.0 Å². The van der Waals surface area contributed by atoms with Crippen molar-refractivity contribution in [2.45, 2.75) is 36.8 Å². The molecule has 8 heteroatoms. The molecule has 0 aliphatic carbocycles. The van der Waals surface area contributed by atoms with Crippen LogP contribution in [0, 0.1) is 0 Å². The van der Waals surface area contributed by atoms with Crippen molar-refractivity contribution in [3.8, 4) is 5.75 Å². The summed E-state index contributed by atoms with van der Waals surface area (Å²) in [4.78, 5) is 4.03. The van der Waals surface area contributed by atoms with Crippen LogP contribution in [0.5, 0.6) is 5.75 Å². The van der Waals surface area contributed by atoms with E-state index in [1.54, 1.807) is 18.5 Å². The van der Waals surface area contributed by atoms with Gasteiger partial charge in [0, 0.05) is 13.6 Å². The fourth-order valence-corrected chi connectivity index (χ4v) is 5.28. The van der Waals surface area contributed by atoms with Gasteiger partial charge in [0.1, 0.15) is 10.9 Å². The largest absolute Gasteiger partial charge is 0.497 e. The Labute approximate surface area is 153 Å². The first-order chi connectivity index (χ1) is 11.9. The average Bonchev–Trinajstić information content (AvgIpc) is 2.82. The maximum Gasteiger partial charge on any atom is 0.264 e. The van der Waals surface area contributed by atoms with Gasteiger partial charge in [0.05, 0.1) is 19.5 Å². The second kappa shape index (κ2) is 7.35. The van der Waals surface area contributed by atoms with Crippen LogP contribution in [0.1, 0.15) is 37.3 Å². The number of imidazole rings is 1. The summed E-state index contributed by atoms with van der Waals surface area (Å²) in [5.74, 6) is 0.750. The monoisotopic (exact) mass is 383 g/mol. The second-order valence-corrected chi connectivity index (χ2v) is 8.37. The van der Waals surface area contributed by atoms with Gasteiger partial charge in [-0.15, -0.1) is 0 Å². The maximum atomic E-state index is 13.2. The Kier molecular flexibility index (Phi) is 5.36. The Morgan fingerprint density at radius 2 is 1.92 bits per heavy atom. The van der Waals surface area contributed by atoms with E-state index in [4.69, 9.17) is 16.3 Å². The molecule has 1 aromatic carbocycles. The zero-order valence-electron chi connectivity index (χ0n) is 14.4. The molecule has 0 radical (unpaired) electrons. The molecular weight excluding hydrogens is 362 g/mol. The molecule has 0 saturated carbocycles. The van der Waals surface area contributed by atoms with Gasteiger partial charge in [-0.3, -0.25) is 0 Å². The molecular formula is C17H22ClN3O3S. The summed E-state index contributed by atoms with van der Waals surface area (Å²) in [6.07, 6.45) is 5.02. The smallest absolute Gasteiger partial charge is 0.264 e. The highest BCUT2D eigenvalue weighted by molar-refractivity contribution is 7.89. The summed E-state index contributed by atoms with van der Waals surface area (Å²) in [6, 6.07) is 7.35. The van der Waals surface area contributed by atoms with Gasteiger partial charge in [-0.2, -0.15) is 4.31 Å². The minimum absolute atomic E-state index is 0.0721. The Balaban J connectivity index is 2.01. The third-order valence-electron chi connectivity index (χ3n) is 4.59. The van der Waals surface area contributed by atoms with E-state index in [0.29, 0.717) is 6.54 Å². The number of hydrogen-bond donors (Lipinski definition) is 0. The molecule has 0 N–H and O–H groups in total. The predicted octanol–water partition coefficient (Wildman–Crippen LogP) is 3.39. The molecule has 0 spiro atoms. The Morgan fingerprint density at radius 3 is 2.52 bits per heavy atom. The number of ether oxygens (including phenoxy) is 1. The van der Waals surface area contributed by atoms with E-state index in [2.05, 4.69) is 4.98 Å². The van der Waals surface area contributed by atoms with Gasteiger partial charge in [-0.1, -0.05) is 36.6 Å². The molecule has 3 rings (SSSR count). The number of nitrogens with zero attached hydrogens (tertiary/aromatic N) is 3. The summed E-state index contributed by atoms with van der Waals surface area (Å²) in [6.45, 7) is 0.464. The van der Waals surface area contributed by atoms with Crippen LogP contribution >= 0.6 is 11.6 Å². The number of benzene rings is 1. The van der Waals surface area contributed by atoms with Crippen molar-refractivity contribution in [3.63, 3.8) is 0 Å². The molecule has 1 aliphatic rings. The van der Waals surface area contributed by atoms with Crippen molar-refractivity contribution in [2.75, 3.05) is 13.7 Å². The normalized spacial score (nSPS) is 19.6. The zero-order valence-corrected chi connectivity index (χ0v) is 15.9. The van der Waals surface area contributed by atoms with Crippen LogP contribution in [-0.4, -0.2) is 35.9 Å². The molecule has 1 aromatic heterocycles. The summed E-state index contributed by atoms with van der Waals surface area (Å²) in [7, 11) is -0.480. The van der Waals surface area contributed by atoms with Crippen molar-refractivity contribution in [1.29, 1.82) is 0 Å². The Bertz CT molecular complexity index is 833. The molecule has 0 bridgehead atoms. The van der Waals surface area contributed by atoms with Gasteiger partial charge in [0.25, 0.3) is 10.0 Å². The highest BCUT2D eigenvalue weighted by Gasteiger charge is 2.36. The molecule has 0 amide bonds. The van der Waals surface area contributed by atoms with Crippen molar-refractivity contribution < 1.29 is 13.2 Å². The molecule has 1 atom stereocenters. The SMILES string of the molecule is COc1ccc([C@H]2CCCCCN2S(=O)(=O)c2ncn(C)c2Cl)cc1. The van der Waals surface area contributed by atoms with E-state index in [1.807, 2.05) is 24.3 Å². The first-order valence-electron chi connectivity index (χ1n) is 8.27. The van der Waals surface area contributed by atoms with Crippen LogP contribution in [0.15, 0.2) is 35.6 Å². The summed E-state index contributed by atoms with van der Waals surface area (Å²) < 4.78 is 34.7. The molecule has 6 nitrogen and oxygen atoms in total. The van der Waals surface area contributed by atoms with E-state index in [1.165, 1.54) is 10.9 Å². The standard InChI is InChI=1S/C17H22ClN3O3S/c1-20-12-19-17(16(20)18)25(22,23)21-11-5-3-4-6-15(21)13-7-9-14(24-2)10-8-13/h7-10,12,15H,3-6,11H2,1-2H3/t15-/m1/s1. The van der Waals surface area contributed by atoms with Crippen molar-refractivity contribution >= 4 is 21.6 Å². The third-order valence-corrected chi connectivity index (χ3v) is 6.99. The zero-order chi connectivity index (χ0) is 18.0. The Hall–Kier alpha value is -1.57. The van der Waals surface area contributed by atoms with Crippen LogP contribution in [0.2, 0.25) is 5.15 Å². The lowest BCUT2D eigenvalue weighted by molar-refractivity contribution is 0.327. The topological polar surface area (TPSA) is 64.4 Å². The summed E-state index contributed by atoms with van der Waals surface area (Å²) in [5, 5.41) is 0.0646. The molecule has 1 saturated heterocycles. The molecule has 1 aliphatic heterocycles. The molecule has 2 heterocycles. The van der Waals surface area contributed by atoms with Gasteiger partial charge in [-0.25, -0.2) is 13.4 Å². The number of hydrogen-bond acceptors (Lipinski definition) is 4. The summed E-state index contributed by atoms with van der Waals surface area (Å²) >= 11 is 6.16. The molecule has 0 unspecified atom stereocenters. The van der Waals surface area contributed by atoms with Crippen LogP contribution in [0.25, 0.3) is 0 Å². The minimum Gasteiger partial charge on any atom is -0.497 e. The fourth-order valence-electron chi connectivity index (χ4n) is 3.21. The molecule has 2 aromatic rings. The lowest BCUT2D eigenvalue weighted by atomic mass is 10.0. The van der Waals surface area contributed by atoms with Crippen molar-refractivity contribution in [3.05, 3.63) is 41.3 Å². The van der Waals surface area contributed by atoms with Crippen LogP contribution in [0.4, 0.5) is 0 Å². The number of rotatable bonds is 4. The maximum absolute atomic E-state index is 13.2. The number of halogens is 1. The van der Waals surface area contributed by atoms with Crippen LogP contribution < -0.4 is 4.74 Å². The van der Waals surface area contributed by atoms with Crippen LogP contribution in [0.3, 0.4) is 0 Å². The lowest BCUT2D eigenvalue weighted by Crippen LogP contribution is -2.35. The van der Waals surface area contributed by atoms with E-state index in [9.17, 15) is 8.42 Å². The number of aromatic nitrogens is 2. The van der Waals surface area contributed by atoms with Gasteiger partial charge in [0.15, 0.2) is 0 Å². The molecule has 25 heavy (non-hydrogen) atoms. The Morgan fingerprint density at radius 1 is 1.20 bits per heavy atom. The van der Waals surface area contributed by atoms with Gasteiger partial charge in [0.2, 0.25) is 5.03 Å². The van der Waals surface area contributed by atoms with Crippen LogP contribution in [-0.2, 0) is 17.1 Å². The molecule has 136 valence electrons. The third kappa shape index (κ3) is 3.54. The second-order valence-electron chi connectivity index (χ2n) is 6.21. The van der Waals surface area contributed by atoms with E-state index >= 15 is 0 Å². The first kappa shape index (κ1) is 18.2. The highest BCUT2D eigenvalue weighted by Crippen LogP contribution is 2.36. The molecule has 1 fully saturated rings. The van der Waals surface area contributed by atoms with Gasteiger partial charge in [-0.05, 0) is 30.5 Å². The predicted molar refractivity (Wildman–Crippen MR) is 96.3 cm³/mol. The van der Waals surface area contributed by atoms with Gasteiger partial charge < -0.3 is 9.30 Å². The summed E-state index contributed by atoms with van der Waals surface area (Å²) in [5.41, 5.74) is 0.957. The van der Waals surface area contributed by atoms with E-state index in [-0.39, 0.29) is 16.2 Å². The van der Waals surface area contributed by atoms with E-state index in [0.717, 1.165) is 37.0 Å². The minimum atomic E-state index is -3.77. The number of methoxy groups -OCH3 is 1. The number of aryl methyl sites for hydroxylation is 1. The average molecular weight is 384 g/mol. The lowest BCUT2D eigenvalue weighted by Gasteiger charge is -2.29. The van der Waals surface area contributed by atoms with Crippen molar-refractivity contribution in [2.24, 2.45) is 7.05 Å². The quantitative estimate of drug-likeness (QED) is 0.811. The number of sulfonamides is 1.